The summed E-state index contributed by atoms with van der Waals surface area (Å²) in [5.74, 6) is -0.170. The molecule has 0 atom stereocenters. The first-order valence-corrected chi connectivity index (χ1v) is 5.51. The second-order valence-corrected chi connectivity index (χ2v) is 3.66. The third-order valence-electron chi connectivity index (χ3n) is 2.42. The van der Waals surface area contributed by atoms with Gasteiger partial charge in [-0.3, -0.25) is 9.78 Å². The number of aryl methyl sites for hydroxylation is 1. The summed E-state index contributed by atoms with van der Waals surface area (Å²) in [6.07, 6.45) is 7.81. The third-order valence-corrected chi connectivity index (χ3v) is 2.42. The maximum absolute atomic E-state index is 11.8. The van der Waals surface area contributed by atoms with Crippen LogP contribution >= 0.6 is 0 Å². The molecule has 4 nitrogen and oxygen atoms in total. The average molecular weight is 228 g/mol. The van der Waals surface area contributed by atoms with Crippen LogP contribution in [-0.2, 0) is 6.42 Å². The lowest BCUT2D eigenvalue weighted by atomic mass is 10.2. The first-order chi connectivity index (χ1) is 8.29. The molecule has 0 unspecified atom stereocenters. The van der Waals surface area contributed by atoms with Gasteiger partial charge in [-0.05, 0) is 24.6 Å². The summed E-state index contributed by atoms with van der Waals surface area (Å²) in [5.41, 5.74) is 4.48. The number of aromatic nitrogens is 2. The highest BCUT2D eigenvalue weighted by molar-refractivity contribution is 5.98. The predicted molar refractivity (Wildman–Crippen MR) is 63.9 cm³/mol. The lowest BCUT2D eigenvalue weighted by Gasteiger charge is -2.00. The van der Waals surface area contributed by atoms with Crippen LogP contribution in [0.15, 0.2) is 49.1 Å². The number of nitrogens with one attached hydrogen (secondary N) is 1. The molecule has 1 N–H and O–H groups in total. The van der Waals surface area contributed by atoms with Gasteiger partial charge in [-0.2, -0.15) is 0 Å². The van der Waals surface area contributed by atoms with Gasteiger partial charge in [0, 0.05) is 24.0 Å². The van der Waals surface area contributed by atoms with Gasteiger partial charge in [0.05, 0.1) is 5.56 Å². The van der Waals surface area contributed by atoms with E-state index in [2.05, 4.69) is 17.3 Å². The van der Waals surface area contributed by atoms with Crippen LogP contribution in [0.2, 0.25) is 0 Å². The van der Waals surface area contributed by atoms with Crippen LogP contribution in [0.25, 0.3) is 0 Å². The molecule has 0 spiro atoms. The van der Waals surface area contributed by atoms with Gasteiger partial charge in [0.1, 0.15) is 0 Å². The summed E-state index contributed by atoms with van der Waals surface area (Å²) < 4.78 is 1.66. The molecule has 2 rings (SSSR count). The summed E-state index contributed by atoms with van der Waals surface area (Å²) in [4.78, 5) is 15.8. The summed E-state index contributed by atoms with van der Waals surface area (Å²) in [7, 11) is 0. The molecule has 0 aliphatic heterocycles. The Kier molecular flexibility index (Phi) is 3.45. The highest BCUT2D eigenvalue weighted by Gasteiger charge is 2.10. The molecule has 0 aliphatic carbocycles. The van der Waals surface area contributed by atoms with E-state index in [1.165, 1.54) is 5.56 Å². The zero-order valence-electron chi connectivity index (χ0n) is 9.63. The Hall–Kier alpha value is -2.23. The van der Waals surface area contributed by atoms with Crippen LogP contribution in [0.3, 0.4) is 0 Å². The first kappa shape index (κ1) is 11.3. The number of amides is 1. The maximum Gasteiger partial charge on any atom is 0.306 e. The molecular weight excluding hydrogens is 214 g/mol. The van der Waals surface area contributed by atoms with Crippen LogP contribution in [0.1, 0.15) is 22.8 Å². The van der Waals surface area contributed by atoms with E-state index in [-0.39, 0.29) is 5.91 Å². The number of pyridine rings is 2. The number of hydrogen-bond acceptors (Lipinski definition) is 2. The topological polar surface area (TPSA) is 45.9 Å². The highest BCUT2D eigenvalue weighted by atomic mass is 16.2. The standard InChI is InChI=1S/C13H13N3O/c1-2-11-5-4-8-16(10-11)15-13(17)12-6-3-7-14-9-12/h3-10H,2H2,1H3/p+1. The van der Waals surface area contributed by atoms with Crippen molar-refractivity contribution in [1.29, 1.82) is 0 Å². The first-order valence-electron chi connectivity index (χ1n) is 5.51. The second kappa shape index (κ2) is 5.21. The van der Waals surface area contributed by atoms with Crippen LogP contribution in [0.4, 0.5) is 0 Å². The summed E-state index contributed by atoms with van der Waals surface area (Å²) in [6, 6.07) is 7.39. The molecule has 1 amide bonds. The molecule has 0 saturated heterocycles. The van der Waals surface area contributed by atoms with Gasteiger partial charge in [0.15, 0.2) is 6.20 Å². The number of nitrogens with zero attached hydrogens (tertiary/aromatic N) is 2. The molecule has 86 valence electrons. The van der Waals surface area contributed by atoms with E-state index in [0.717, 1.165) is 6.42 Å². The summed E-state index contributed by atoms with van der Waals surface area (Å²) in [5, 5.41) is 0. The van der Waals surface area contributed by atoms with Gasteiger partial charge >= 0.3 is 5.91 Å². The Morgan fingerprint density at radius 2 is 2.29 bits per heavy atom. The van der Waals surface area contributed by atoms with Crippen molar-refractivity contribution < 1.29 is 9.47 Å². The molecule has 0 radical (unpaired) electrons. The molecule has 0 saturated carbocycles. The summed E-state index contributed by atoms with van der Waals surface area (Å²) in [6.45, 7) is 2.07. The zero-order valence-corrected chi connectivity index (χ0v) is 9.63. The largest absolute Gasteiger partial charge is 0.306 e. The Morgan fingerprint density at radius 1 is 1.41 bits per heavy atom. The van der Waals surface area contributed by atoms with Crippen molar-refractivity contribution in [1.82, 2.24) is 4.98 Å². The fourth-order valence-electron chi connectivity index (χ4n) is 1.48. The molecule has 17 heavy (non-hydrogen) atoms. The van der Waals surface area contributed by atoms with E-state index < -0.39 is 0 Å². The van der Waals surface area contributed by atoms with E-state index in [9.17, 15) is 4.79 Å². The normalized spacial score (nSPS) is 9.94. The van der Waals surface area contributed by atoms with E-state index >= 15 is 0 Å². The fourth-order valence-corrected chi connectivity index (χ4v) is 1.48. The van der Waals surface area contributed by atoms with Crippen LogP contribution in [0, 0.1) is 0 Å². The Balaban J connectivity index is 2.13. The van der Waals surface area contributed by atoms with Gasteiger partial charge in [-0.15, -0.1) is 5.43 Å². The molecule has 2 aromatic rings. The Labute approximate surface area is 99.9 Å². The van der Waals surface area contributed by atoms with E-state index in [4.69, 9.17) is 0 Å². The van der Waals surface area contributed by atoms with Crippen molar-refractivity contribution >= 4 is 5.91 Å². The summed E-state index contributed by atoms with van der Waals surface area (Å²) >= 11 is 0. The molecular formula is C13H14N3O+. The van der Waals surface area contributed by atoms with Crippen molar-refractivity contribution in [2.75, 3.05) is 5.43 Å². The van der Waals surface area contributed by atoms with E-state index in [0.29, 0.717) is 5.56 Å². The van der Waals surface area contributed by atoms with Gasteiger partial charge < -0.3 is 0 Å². The fraction of sp³-hybridized carbons (Fsp3) is 0.154. The van der Waals surface area contributed by atoms with Crippen LogP contribution < -0.4 is 10.1 Å². The number of hydrogen-bond donors (Lipinski definition) is 1. The van der Waals surface area contributed by atoms with Crippen molar-refractivity contribution in [3.05, 3.63) is 60.2 Å². The molecule has 2 heterocycles. The third kappa shape index (κ3) is 2.87. The van der Waals surface area contributed by atoms with Gasteiger partial charge in [0.2, 0.25) is 6.20 Å². The van der Waals surface area contributed by atoms with E-state index in [1.54, 1.807) is 35.4 Å². The van der Waals surface area contributed by atoms with Crippen molar-refractivity contribution in [2.45, 2.75) is 13.3 Å². The lowest BCUT2D eigenvalue weighted by Crippen LogP contribution is -2.48. The SMILES string of the molecule is CCc1ccc[n+](NC(=O)c2cccnc2)c1. The monoisotopic (exact) mass is 228 g/mol. The molecule has 0 bridgehead atoms. The zero-order chi connectivity index (χ0) is 12.1. The predicted octanol–water partition coefficient (Wildman–Crippen LogP) is 1.32. The van der Waals surface area contributed by atoms with E-state index in [1.807, 2.05) is 18.3 Å². The van der Waals surface area contributed by atoms with Crippen LogP contribution in [0.5, 0.6) is 0 Å². The second-order valence-electron chi connectivity index (χ2n) is 3.66. The van der Waals surface area contributed by atoms with Gasteiger partial charge in [-0.25, -0.2) is 0 Å². The van der Waals surface area contributed by atoms with Gasteiger partial charge in [-0.1, -0.05) is 11.6 Å². The minimum atomic E-state index is -0.170. The van der Waals surface area contributed by atoms with Crippen molar-refractivity contribution in [3.8, 4) is 0 Å². The molecule has 4 heteroatoms. The maximum atomic E-state index is 11.8. The molecule has 0 aromatic carbocycles. The van der Waals surface area contributed by atoms with Gasteiger partial charge in [0.25, 0.3) is 0 Å². The molecule has 0 fully saturated rings. The highest BCUT2D eigenvalue weighted by Crippen LogP contribution is 1.96. The van der Waals surface area contributed by atoms with Crippen molar-refractivity contribution in [2.24, 2.45) is 0 Å². The van der Waals surface area contributed by atoms with Crippen LogP contribution in [-0.4, -0.2) is 10.9 Å². The molecule has 2 aromatic heterocycles. The average Bonchev–Trinajstić information content (AvgIpc) is 2.40. The lowest BCUT2D eigenvalue weighted by molar-refractivity contribution is -0.641. The number of carbonyl (C=O) groups is 1. The number of carbonyl (C=O) groups excluding carboxylic acids is 1. The minimum Gasteiger partial charge on any atom is -0.264 e. The number of rotatable bonds is 3. The minimum absolute atomic E-state index is 0.170. The quantitative estimate of drug-likeness (QED) is 0.805. The molecule has 0 aliphatic rings. The van der Waals surface area contributed by atoms with Crippen molar-refractivity contribution in [3.63, 3.8) is 0 Å². The Bertz CT molecular complexity index is 511. The smallest absolute Gasteiger partial charge is 0.264 e. The Morgan fingerprint density at radius 3 is 3.00 bits per heavy atom.